The fourth-order valence-corrected chi connectivity index (χ4v) is 2.69. The molecule has 1 saturated heterocycles. The summed E-state index contributed by atoms with van der Waals surface area (Å²) in [6.45, 7) is 4.98. The van der Waals surface area contributed by atoms with Crippen LogP contribution in [0, 0.1) is 11.8 Å². The molecule has 1 atom stereocenters. The van der Waals surface area contributed by atoms with Crippen LogP contribution in [0.4, 0.5) is 11.4 Å². The van der Waals surface area contributed by atoms with E-state index < -0.39 is 0 Å². The molecule has 2 heterocycles. The molecule has 3 rings (SSSR count). The molecule has 2 aliphatic rings. The number of carbonyl (C=O) groups is 1. The average molecular weight is 259 g/mol. The van der Waals surface area contributed by atoms with Gasteiger partial charge in [-0.25, -0.2) is 0 Å². The number of hydrogen-bond donors (Lipinski definition) is 3. The van der Waals surface area contributed by atoms with Gasteiger partial charge in [-0.1, -0.05) is 6.92 Å². The SMILES string of the molecule is CC(C(=O)Nc1ccc2c(c1)CCCN2)C1CNC1. The molecule has 1 aromatic rings. The second kappa shape index (κ2) is 5.21. The van der Waals surface area contributed by atoms with Crippen molar-refractivity contribution >= 4 is 17.3 Å². The second-order valence-corrected chi connectivity index (χ2v) is 5.60. The molecule has 1 unspecified atom stereocenters. The molecule has 19 heavy (non-hydrogen) atoms. The summed E-state index contributed by atoms with van der Waals surface area (Å²) in [6, 6.07) is 6.16. The molecule has 0 radical (unpaired) electrons. The number of fused-ring (bicyclic) bond motifs is 1. The van der Waals surface area contributed by atoms with Crippen molar-refractivity contribution in [1.29, 1.82) is 0 Å². The third-order valence-corrected chi connectivity index (χ3v) is 4.24. The number of anilines is 2. The normalized spacial score (nSPS) is 19.8. The summed E-state index contributed by atoms with van der Waals surface area (Å²) < 4.78 is 0. The molecule has 102 valence electrons. The molecule has 3 N–H and O–H groups in total. The molecule has 4 nitrogen and oxygen atoms in total. The first-order valence-corrected chi connectivity index (χ1v) is 7.12. The maximum Gasteiger partial charge on any atom is 0.227 e. The van der Waals surface area contributed by atoms with Crippen molar-refractivity contribution in [2.24, 2.45) is 11.8 Å². The minimum Gasteiger partial charge on any atom is -0.385 e. The zero-order valence-electron chi connectivity index (χ0n) is 11.3. The summed E-state index contributed by atoms with van der Waals surface area (Å²) in [4.78, 5) is 12.2. The van der Waals surface area contributed by atoms with Crippen molar-refractivity contribution in [3.05, 3.63) is 23.8 Å². The van der Waals surface area contributed by atoms with E-state index in [9.17, 15) is 4.79 Å². The number of aryl methyl sites for hydroxylation is 1. The summed E-state index contributed by atoms with van der Waals surface area (Å²) in [7, 11) is 0. The van der Waals surface area contributed by atoms with E-state index in [2.05, 4.69) is 28.1 Å². The number of rotatable bonds is 3. The molecular formula is C15H21N3O. The second-order valence-electron chi connectivity index (χ2n) is 5.60. The maximum atomic E-state index is 12.2. The van der Waals surface area contributed by atoms with Gasteiger partial charge >= 0.3 is 0 Å². The Kier molecular flexibility index (Phi) is 3.42. The first-order chi connectivity index (χ1) is 9.24. The van der Waals surface area contributed by atoms with E-state index in [4.69, 9.17) is 0 Å². The van der Waals surface area contributed by atoms with Crippen molar-refractivity contribution in [3.63, 3.8) is 0 Å². The monoisotopic (exact) mass is 259 g/mol. The van der Waals surface area contributed by atoms with Gasteiger partial charge in [-0.2, -0.15) is 0 Å². The Morgan fingerprint density at radius 3 is 3.00 bits per heavy atom. The Hall–Kier alpha value is -1.55. The van der Waals surface area contributed by atoms with E-state index in [1.165, 1.54) is 11.3 Å². The highest BCUT2D eigenvalue weighted by atomic mass is 16.1. The van der Waals surface area contributed by atoms with Gasteiger partial charge in [0.2, 0.25) is 5.91 Å². The lowest BCUT2D eigenvalue weighted by Crippen LogP contribution is -2.48. The Balaban J connectivity index is 1.67. The molecule has 0 spiro atoms. The Bertz CT molecular complexity index is 482. The highest BCUT2D eigenvalue weighted by Crippen LogP contribution is 2.26. The lowest BCUT2D eigenvalue weighted by atomic mass is 9.88. The number of nitrogens with one attached hydrogen (secondary N) is 3. The van der Waals surface area contributed by atoms with Gasteiger partial charge in [0, 0.05) is 23.8 Å². The summed E-state index contributed by atoms with van der Waals surface area (Å²) in [6.07, 6.45) is 2.25. The largest absolute Gasteiger partial charge is 0.385 e. The minimum absolute atomic E-state index is 0.0791. The van der Waals surface area contributed by atoms with E-state index in [0.29, 0.717) is 5.92 Å². The van der Waals surface area contributed by atoms with Gasteiger partial charge in [0.25, 0.3) is 0 Å². The molecule has 0 aliphatic carbocycles. The van der Waals surface area contributed by atoms with E-state index in [1.807, 2.05) is 13.0 Å². The van der Waals surface area contributed by atoms with Crippen molar-refractivity contribution in [2.75, 3.05) is 30.3 Å². The standard InChI is InChI=1S/C15H21N3O/c1-10(12-8-16-9-12)15(19)18-13-4-5-14-11(7-13)3-2-6-17-14/h4-5,7,10,12,16-17H,2-3,6,8-9H2,1H3,(H,18,19). The summed E-state index contributed by atoms with van der Waals surface area (Å²) in [5, 5.41) is 9.64. The van der Waals surface area contributed by atoms with E-state index >= 15 is 0 Å². The van der Waals surface area contributed by atoms with Gasteiger partial charge < -0.3 is 16.0 Å². The predicted molar refractivity (Wildman–Crippen MR) is 77.4 cm³/mol. The highest BCUT2D eigenvalue weighted by Gasteiger charge is 2.28. The zero-order chi connectivity index (χ0) is 13.2. The van der Waals surface area contributed by atoms with Crippen LogP contribution in [-0.2, 0) is 11.2 Å². The van der Waals surface area contributed by atoms with Gasteiger partial charge in [-0.15, -0.1) is 0 Å². The Labute approximate surface area is 114 Å². The lowest BCUT2D eigenvalue weighted by molar-refractivity contribution is -0.121. The van der Waals surface area contributed by atoms with Gasteiger partial charge in [0.15, 0.2) is 0 Å². The molecule has 0 aromatic heterocycles. The molecular weight excluding hydrogens is 238 g/mol. The molecule has 2 aliphatic heterocycles. The van der Waals surface area contributed by atoms with Crippen LogP contribution in [0.2, 0.25) is 0 Å². The molecule has 1 amide bonds. The number of benzene rings is 1. The van der Waals surface area contributed by atoms with Crippen LogP contribution < -0.4 is 16.0 Å². The van der Waals surface area contributed by atoms with Crippen molar-refractivity contribution in [2.45, 2.75) is 19.8 Å². The van der Waals surface area contributed by atoms with Crippen LogP contribution in [0.25, 0.3) is 0 Å². The van der Waals surface area contributed by atoms with Crippen molar-refractivity contribution in [3.8, 4) is 0 Å². The highest BCUT2D eigenvalue weighted by molar-refractivity contribution is 5.93. The van der Waals surface area contributed by atoms with Gasteiger partial charge in [0.1, 0.15) is 0 Å². The third kappa shape index (κ3) is 2.59. The van der Waals surface area contributed by atoms with Gasteiger partial charge in [0.05, 0.1) is 0 Å². The van der Waals surface area contributed by atoms with E-state index in [0.717, 1.165) is 38.2 Å². The zero-order valence-corrected chi connectivity index (χ0v) is 11.3. The minimum atomic E-state index is 0.0791. The number of hydrogen-bond acceptors (Lipinski definition) is 3. The van der Waals surface area contributed by atoms with E-state index in [1.54, 1.807) is 0 Å². The maximum absolute atomic E-state index is 12.2. The molecule has 0 bridgehead atoms. The van der Waals surface area contributed by atoms with Crippen LogP contribution in [0.15, 0.2) is 18.2 Å². The summed E-state index contributed by atoms with van der Waals surface area (Å²) in [5.74, 6) is 0.699. The molecule has 4 heteroatoms. The average Bonchev–Trinajstić information content (AvgIpc) is 2.36. The number of carbonyl (C=O) groups excluding carboxylic acids is 1. The first kappa shape index (κ1) is 12.5. The van der Waals surface area contributed by atoms with Gasteiger partial charge in [-0.3, -0.25) is 4.79 Å². The molecule has 1 aromatic carbocycles. The van der Waals surface area contributed by atoms with Crippen LogP contribution in [0.5, 0.6) is 0 Å². The van der Waals surface area contributed by atoms with E-state index in [-0.39, 0.29) is 11.8 Å². The lowest BCUT2D eigenvalue weighted by Gasteiger charge is -2.31. The summed E-state index contributed by atoms with van der Waals surface area (Å²) >= 11 is 0. The summed E-state index contributed by atoms with van der Waals surface area (Å²) in [5.41, 5.74) is 3.44. The van der Waals surface area contributed by atoms with Crippen LogP contribution in [0.1, 0.15) is 18.9 Å². The predicted octanol–water partition coefficient (Wildman–Crippen LogP) is 1.84. The third-order valence-electron chi connectivity index (χ3n) is 4.24. The fraction of sp³-hybridized carbons (Fsp3) is 0.533. The van der Waals surface area contributed by atoms with Crippen molar-refractivity contribution in [1.82, 2.24) is 5.32 Å². The van der Waals surface area contributed by atoms with Crippen molar-refractivity contribution < 1.29 is 4.79 Å². The first-order valence-electron chi connectivity index (χ1n) is 7.12. The molecule has 0 saturated carbocycles. The quantitative estimate of drug-likeness (QED) is 0.776. The Morgan fingerprint density at radius 1 is 1.42 bits per heavy atom. The van der Waals surface area contributed by atoms with Gasteiger partial charge in [-0.05, 0) is 55.6 Å². The number of amides is 1. The Morgan fingerprint density at radius 2 is 2.26 bits per heavy atom. The van der Waals surface area contributed by atoms with Crippen LogP contribution in [0.3, 0.4) is 0 Å². The topological polar surface area (TPSA) is 53.2 Å². The smallest absolute Gasteiger partial charge is 0.227 e. The molecule has 1 fully saturated rings. The fourth-order valence-electron chi connectivity index (χ4n) is 2.69. The van der Waals surface area contributed by atoms with Crippen LogP contribution >= 0.6 is 0 Å². The van der Waals surface area contributed by atoms with Crippen LogP contribution in [-0.4, -0.2) is 25.5 Å².